The number of nitrogens with zero attached hydrogens (tertiary/aromatic N) is 1. The van der Waals surface area contributed by atoms with E-state index in [1.165, 1.54) is 32.7 Å². The van der Waals surface area contributed by atoms with E-state index in [9.17, 15) is 0 Å². The molecule has 0 saturated carbocycles. The Balaban J connectivity index is 1.83. The topological polar surface area (TPSA) is 12.9 Å². The second-order valence-electron chi connectivity index (χ2n) is 5.39. The zero-order valence-corrected chi connectivity index (χ0v) is 12.1. The molecule has 0 amide bonds. The molecule has 3 aromatic carbocycles. The summed E-state index contributed by atoms with van der Waals surface area (Å²) in [4.78, 5) is 4.20. The number of pyridine rings is 1. The molecule has 1 nitrogen and oxygen atoms in total. The molecule has 0 fully saturated rings. The lowest BCUT2D eigenvalue weighted by atomic mass is 10.0. The number of aromatic nitrogens is 1. The van der Waals surface area contributed by atoms with Crippen LogP contribution in [0.3, 0.4) is 0 Å². The maximum atomic E-state index is 4.20. The van der Waals surface area contributed by atoms with Gasteiger partial charge in [-0.1, -0.05) is 66.7 Å². The second kappa shape index (κ2) is 5.45. The Morgan fingerprint density at radius 2 is 1.41 bits per heavy atom. The van der Waals surface area contributed by atoms with Crippen LogP contribution in [0.2, 0.25) is 0 Å². The minimum absolute atomic E-state index is 1.18. The summed E-state index contributed by atoms with van der Waals surface area (Å²) in [5.74, 6) is 0. The Kier molecular flexibility index (Phi) is 3.17. The molecule has 0 N–H and O–H groups in total. The minimum atomic E-state index is 1.18. The van der Waals surface area contributed by atoms with Crippen molar-refractivity contribution in [1.29, 1.82) is 0 Å². The number of rotatable bonds is 2. The number of hydrogen-bond acceptors (Lipinski definition) is 1. The molecular formula is C21H15N. The van der Waals surface area contributed by atoms with Crippen molar-refractivity contribution in [2.75, 3.05) is 0 Å². The summed E-state index contributed by atoms with van der Waals surface area (Å²) in [6.07, 6.45) is 8.08. The molecule has 4 rings (SSSR count). The van der Waals surface area contributed by atoms with Crippen molar-refractivity contribution in [2.45, 2.75) is 0 Å². The van der Waals surface area contributed by atoms with Crippen LogP contribution in [0, 0.1) is 0 Å². The van der Waals surface area contributed by atoms with Gasteiger partial charge in [0.15, 0.2) is 0 Å². The van der Waals surface area contributed by atoms with Crippen LogP contribution in [0.5, 0.6) is 0 Å². The van der Waals surface area contributed by atoms with Crippen molar-refractivity contribution in [3.05, 3.63) is 90.3 Å². The summed E-state index contributed by atoms with van der Waals surface area (Å²) >= 11 is 0. The maximum absolute atomic E-state index is 4.20. The van der Waals surface area contributed by atoms with E-state index in [1.807, 2.05) is 18.5 Å². The minimum Gasteiger partial charge on any atom is -0.264 e. The van der Waals surface area contributed by atoms with Gasteiger partial charge in [0.1, 0.15) is 0 Å². The van der Waals surface area contributed by atoms with Gasteiger partial charge in [-0.2, -0.15) is 0 Å². The standard InChI is InChI=1S/C21H15N/c1-2-4-16(5-3-1)6-7-17-8-9-18-10-11-19-15-22-13-12-20(19)21(18)14-17/h1-15H/b7-6-. The van der Waals surface area contributed by atoms with Crippen LogP contribution in [-0.4, -0.2) is 4.98 Å². The molecule has 0 bridgehead atoms. The lowest BCUT2D eigenvalue weighted by molar-refractivity contribution is 1.37. The Morgan fingerprint density at radius 1 is 0.636 bits per heavy atom. The molecule has 22 heavy (non-hydrogen) atoms. The van der Waals surface area contributed by atoms with Gasteiger partial charge < -0.3 is 0 Å². The van der Waals surface area contributed by atoms with Gasteiger partial charge in [-0.25, -0.2) is 0 Å². The predicted molar refractivity (Wildman–Crippen MR) is 94.6 cm³/mol. The zero-order valence-electron chi connectivity index (χ0n) is 12.1. The molecular weight excluding hydrogens is 266 g/mol. The summed E-state index contributed by atoms with van der Waals surface area (Å²) in [5, 5.41) is 4.97. The first-order valence-electron chi connectivity index (χ1n) is 7.40. The van der Waals surface area contributed by atoms with Crippen LogP contribution >= 0.6 is 0 Å². The average Bonchev–Trinajstić information content (AvgIpc) is 2.60. The molecule has 0 saturated heterocycles. The summed E-state index contributed by atoms with van der Waals surface area (Å²) in [5.41, 5.74) is 2.42. The van der Waals surface area contributed by atoms with E-state index in [4.69, 9.17) is 0 Å². The first-order valence-corrected chi connectivity index (χ1v) is 7.40. The highest BCUT2D eigenvalue weighted by atomic mass is 14.6. The van der Waals surface area contributed by atoms with E-state index >= 15 is 0 Å². The van der Waals surface area contributed by atoms with E-state index in [0.29, 0.717) is 0 Å². The van der Waals surface area contributed by atoms with Gasteiger partial charge in [0.05, 0.1) is 0 Å². The van der Waals surface area contributed by atoms with Crippen LogP contribution in [0.25, 0.3) is 33.7 Å². The van der Waals surface area contributed by atoms with Gasteiger partial charge in [0.25, 0.3) is 0 Å². The SMILES string of the molecule is C(=C/c1ccc2ccc3cnccc3c2c1)/c1ccccc1. The molecule has 0 radical (unpaired) electrons. The van der Waals surface area contributed by atoms with Crippen molar-refractivity contribution < 1.29 is 0 Å². The van der Waals surface area contributed by atoms with Crippen LogP contribution in [0.4, 0.5) is 0 Å². The molecule has 0 aliphatic rings. The molecule has 0 spiro atoms. The molecule has 1 heterocycles. The van der Waals surface area contributed by atoms with Gasteiger partial charge in [0.2, 0.25) is 0 Å². The summed E-state index contributed by atoms with van der Waals surface area (Å²) in [6.45, 7) is 0. The lowest BCUT2D eigenvalue weighted by Crippen LogP contribution is -1.80. The third kappa shape index (κ3) is 2.38. The summed E-state index contributed by atoms with van der Waals surface area (Å²) in [6, 6.07) is 23.3. The number of fused-ring (bicyclic) bond motifs is 3. The largest absolute Gasteiger partial charge is 0.264 e. The highest BCUT2D eigenvalue weighted by molar-refractivity contribution is 6.07. The highest BCUT2D eigenvalue weighted by Gasteiger charge is 2.00. The lowest BCUT2D eigenvalue weighted by Gasteiger charge is -2.04. The van der Waals surface area contributed by atoms with Gasteiger partial charge in [-0.3, -0.25) is 4.98 Å². The predicted octanol–water partition coefficient (Wildman–Crippen LogP) is 5.56. The number of hydrogen-bond donors (Lipinski definition) is 0. The smallest absolute Gasteiger partial charge is 0.0346 e. The van der Waals surface area contributed by atoms with E-state index < -0.39 is 0 Å². The van der Waals surface area contributed by atoms with Gasteiger partial charge in [-0.15, -0.1) is 0 Å². The zero-order chi connectivity index (χ0) is 14.8. The summed E-state index contributed by atoms with van der Waals surface area (Å²) in [7, 11) is 0. The van der Waals surface area contributed by atoms with Crippen molar-refractivity contribution in [1.82, 2.24) is 4.98 Å². The van der Waals surface area contributed by atoms with Crippen LogP contribution in [0.1, 0.15) is 11.1 Å². The van der Waals surface area contributed by atoms with Gasteiger partial charge in [0, 0.05) is 17.8 Å². The molecule has 0 unspecified atom stereocenters. The van der Waals surface area contributed by atoms with E-state index in [2.05, 4.69) is 77.8 Å². The third-order valence-corrected chi connectivity index (χ3v) is 3.93. The van der Waals surface area contributed by atoms with Crippen LogP contribution in [-0.2, 0) is 0 Å². The Labute approximate surface area is 129 Å². The fraction of sp³-hybridized carbons (Fsp3) is 0. The van der Waals surface area contributed by atoms with Gasteiger partial charge in [-0.05, 0) is 39.4 Å². The Bertz CT molecular complexity index is 969. The molecule has 4 aromatic rings. The van der Waals surface area contributed by atoms with Crippen LogP contribution in [0.15, 0.2) is 79.1 Å². The molecule has 0 atom stereocenters. The van der Waals surface area contributed by atoms with Crippen molar-refractivity contribution in [3.63, 3.8) is 0 Å². The first-order chi connectivity index (χ1) is 10.9. The Morgan fingerprint density at radius 3 is 2.32 bits per heavy atom. The quantitative estimate of drug-likeness (QED) is 0.346. The number of benzene rings is 3. The fourth-order valence-electron chi connectivity index (χ4n) is 2.78. The Hall–Kier alpha value is -2.93. The molecule has 0 aliphatic carbocycles. The van der Waals surface area contributed by atoms with E-state index in [0.717, 1.165) is 0 Å². The van der Waals surface area contributed by atoms with Gasteiger partial charge >= 0.3 is 0 Å². The second-order valence-corrected chi connectivity index (χ2v) is 5.39. The molecule has 1 aromatic heterocycles. The van der Waals surface area contributed by atoms with Crippen molar-refractivity contribution in [3.8, 4) is 0 Å². The van der Waals surface area contributed by atoms with Crippen molar-refractivity contribution >= 4 is 33.7 Å². The normalized spacial score (nSPS) is 11.5. The van der Waals surface area contributed by atoms with E-state index in [1.54, 1.807) is 0 Å². The third-order valence-electron chi connectivity index (χ3n) is 3.93. The van der Waals surface area contributed by atoms with Crippen LogP contribution < -0.4 is 0 Å². The summed E-state index contributed by atoms with van der Waals surface area (Å²) < 4.78 is 0. The molecule has 104 valence electrons. The highest BCUT2D eigenvalue weighted by Crippen LogP contribution is 2.26. The van der Waals surface area contributed by atoms with Crippen molar-refractivity contribution in [2.24, 2.45) is 0 Å². The maximum Gasteiger partial charge on any atom is 0.0346 e. The van der Waals surface area contributed by atoms with E-state index in [-0.39, 0.29) is 0 Å². The molecule has 1 heteroatoms. The fourth-order valence-corrected chi connectivity index (χ4v) is 2.78. The molecule has 0 aliphatic heterocycles. The monoisotopic (exact) mass is 281 g/mol. The average molecular weight is 281 g/mol. The first kappa shape index (κ1) is 12.8.